The molecule has 2 heteroatoms. The molecule has 1 aliphatic rings. The summed E-state index contributed by atoms with van der Waals surface area (Å²) in [7, 11) is 0. The van der Waals surface area contributed by atoms with Crippen LogP contribution in [0.15, 0.2) is 12.1 Å². The van der Waals surface area contributed by atoms with Crippen LogP contribution in [-0.4, -0.2) is 0 Å². The van der Waals surface area contributed by atoms with E-state index in [0.717, 1.165) is 5.92 Å². The minimum Gasteiger partial charge on any atom is -0.271 e. The first-order valence-electron chi connectivity index (χ1n) is 5.67. The number of rotatable bonds is 3. The summed E-state index contributed by atoms with van der Waals surface area (Å²) in [6.45, 7) is 6.51. The highest BCUT2D eigenvalue weighted by Crippen LogP contribution is 2.42. The molecule has 1 aromatic carbocycles. The fourth-order valence-electron chi connectivity index (χ4n) is 2.57. The van der Waals surface area contributed by atoms with E-state index >= 15 is 0 Å². The Bertz CT molecular complexity index is 344. The van der Waals surface area contributed by atoms with E-state index in [4.69, 9.17) is 5.84 Å². The van der Waals surface area contributed by atoms with Crippen LogP contribution < -0.4 is 11.3 Å². The van der Waals surface area contributed by atoms with Crippen molar-refractivity contribution in [2.75, 3.05) is 0 Å². The molecule has 2 rings (SSSR count). The van der Waals surface area contributed by atoms with Crippen LogP contribution in [0.25, 0.3) is 0 Å². The maximum Gasteiger partial charge on any atom is 0.0493 e. The molecule has 0 bridgehead atoms. The summed E-state index contributed by atoms with van der Waals surface area (Å²) < 4.78 is 0. The highest BCUT2D eigenvalue weighted by Gasteiger charge is 2.33. The largest absolute Gasteiger partial charge is 0.271 e. The Morgan fingerprint density at radius 2 is 1.73 bits per heavy atom. The smallest absolute Gasteiger partial charge is 0.0493 e. The highest BCUT2D eigenvalue weighted by molar-refractivity contribution is 5.40. The van der Waals surface area contributed by atoms with Gasteiger partial charge in [0.25, 0.3) is 0 Å². The van der Waals surface area contributed by atoms with E-state index in [9.17, 15) is 0 Å². The van der Waals surface area contributed by atoms with Gasteiger partial charge >= 0.3 is 0 Å². The SMILES string of the molecule is Cc1cc(C)c(C(NN)C2CC2)c(C)c1. The Morgan fingerprint density at radius 3 is 2.13 bits per heavy atom. The predicted molar refractivity (Wildman–Crippen MR) is 63.4 cm³/mol. The van der Waals surface area contributed by atoms with Gasteiger partial charge in [-0.05, 0) is 56.2 Å². The van der Waals surface area contributed by atoms with Crippen molar-refractivity contribution >= 4 is 0 Å². The lowest BCUT2D eigenvalue weighted by Gasteiger charge is -2.21. The number of hydrazine groups is 1. The van der Waals surface area contributed by atoms with Crippen LogP contribution in [0, 0.1) is 26.7 Å². The number of nitrogens with two attached hydrogens (primary N) is 1. The summed E-state index contributed by atoms with van der Waals surface area (Å²) in [5.74, 6) is 6.42. The van der Waals surface area contributed by atoms with Crippen molar-refractivity contribution < 1.29 is 0 Å². The molecule has 0 saturated heterocycles. The molecule has 3 N–H and O–H groups in total. The molecule has 0 aromatic heterocycles. The summed E-state index contributed by atoms with van der Waals surface area (Å²) in [6.07, 6.45) is 2.61. The van der Waals surface area contributed by atoms with E-state index in [2.05, 4.69) is 38.3 Å². The van der Waals surface area contributed by atoms with E-state index in [0.29, 0.717) is 6.04 Å². The van der Waals surface area contributed by atoms with Crippen LogP contribution >= 0.6 is 0 Å². The summed E-state index contributed by atoms with van der Waals surface area (Å²) >= 11 is 0. The molecule has 1 atom stereocenters. The van der Waals surface area contributed by atoms with Crippen molar-refractivity contribution in [1.29, 1.82) is 0 Å². The van der Waals surface area contributed by atoms with Gasteiger partial charge in [-0.25, -0.2) is 0 Å². The fourth-order valence-corrected chi connectivity index (χ4v) is 2.57. The molecular formula is C13H20N2. The molecular weight excluding hydrogens is 184 g/mol. The Morgan fingerprint density at radius 1 is 1.20 bits per heavy atom. The Labute approximate surface area is 91.8 Å². The van der Waals surface area contributed by atoms with Gasteiger partial charge in [0.05, 0.1) is 0 Å². The van der Waals surface area contributed by atoms with E-state index in [1.807, 2.05) is 0 Å². The van der Waals surface area contributed by atoms with Gasteiger partial charge in [0, 0.05) is 6.04 Å². The highest BCUT2D eigenvalue weighted by atomic mass is 15.2. The second-order valence-corrected chi connectivity index (χ2v) is 4.79. The minimum atomic E-state index is 0.352. The summed E-state index contributed by atoms with van der Waals surface area (Å²) in [6, 6.07) is 4.84. The van der Waals surface area contributed by atoms with Crippen molar-refractivity contribution in [2.24, 2.45) is 11.8 Å². The molecule has 0 amide bonds. The van der Waals surface area contributed by atoms with Gasteiger partial charge in [-0.2, -0.15) is 0 Å². The maximum absolute atomic E-state index is 5.67. The Kier molecular flexibility index (Phi) is 2.81. The lowest BCUT2D eigenvalue weighted by atomic mass is 9.92. The second kappa shape index (κ2) is 3.95. The summed E-state index contributed by atoms with van der Waals surface area (Å²) in [4.78, 5) is 0. The van der Waals surface area contributed by atoms with Gasteiger partial charge in [-0.15, -0.1) is 0 Å². The molecule has 15 heavy (non-hydrogen) atoms. The molecule has 0 radical (unpaired) electrons. The van der Waals surface area contributed by atoms with Gasteiger partial charge in [0.2, 0.25) is 0 Å². The lowest BCUT2D eigenvalue weighted by molar-refractivity contribution is 0.492. The average molecular weight is 204 g/mol. The minimum absolute atomic E-state index is 0.352. The van der Waals surface area contributed by atoms with E-state index in [1.165, 1.54) is 35.1 Å². The molecule has 1 saturated carbocycles. The quantitative estimate of drug-likeness (QED) is 0.586. The molecule has 1 fully saturated rings. The lowest BCUT2D eigenvalue weighted by Crippen LogP contribution is -2.30. The standard InChI is InChI=1S/C13H20N2/c1-8-6-9(2)12(10(3)7-8)13(15-14)11-4-5-11/h6-7,11,13,15H,4-5,14H2,1-3H3. The Balaban J connectivity index is 2.40. The molecule has 0 aliphatic heterocycles. The van der Waals surface area contributed by atoms with Crippen molar-refractivity contribution in [3.8, 4) is 0 Å². The molecule has 82 valence electrons. The van der Waals surface area contributed by atoms with Crippen LogP contribution in [-0.2, 0) is 0 Å². The van der Waals surface area contributed by atoms with Crippen LogP contribution in [0.3, 0.4) is 0 Å². The first-order chi connectivity index (χ1) is 7.13. The van der Waals surface area contributed by atoms with Crippen LogP contribution in [0.5, 0.6) is 0 Å². The zero-order chi connectivity index (χ0) is 11.0. The third-order valence-electron chi connectivity index (χ3n) is 3.32. The number of benzene rings is 1. The summed E-state index contributed by atoms with van der Waals surface area (Å²) in [5.41, 5.74) is 8.45. The van der Waals surface area contributed by atoms with E-state index < -0.39 is 0 Å². The Hall–Kier alpha value is -0.860. The van der Waals surface area contributed by atoms with Crippen molar-refractivity contribution in [2.45, 2.75) is 39.7 Å². The van der Waals surface area contributed by atoms with Gasteiger partial charge < -0.3 is 0 Å². The number of nitrogens with one attached hydrogen (secondary N) is 1. The molecule has 0 spiro atoms. The topological polar surface area (TPSA) is 38.0 Å². The molecule has 1 aliphatic carbocycles. The normalized spacial score (nSPS) is 17.9. The third kappa shape index (κ3) is 2.06. The predicted octanol–water partition coefficient (Wildman–Crippen LogP) is 2.53. The average Bonchev–Trinajstić information content (AvgIpc) is 2.94. The first-order valence-corrected chi connectivity index (χ1v) is 5.67. The number of hydrogen-bond donors (Lipinski definition) is 2. The fraction of sp³-hybridized carbons (Fsp3) is 0.538. The van der Waals surface area contributed by atoms with Crippen molar-refractivity contribution in [1.82, 2.24) is 5.43 Å². The van der Waals surface area contributed by atoms with Crippen molar-refractivity contribution in [3.63, 3.8) is 0 Å². The second-order valence-electron chi connectivity index (χ2n) is 4.79. The van der Waals surface area contributed by atoms with Gasteiger partial charge in [-0.3, -0.25) is 11.3 Å². The van der Waals surface area contributed by atoms with E-state index in [-0.39, 0.29) is 0 Å². The van der Waals surface area contributed by atoms with Crippen LogP contribution in [0.1, 0.15) is 41.1 Å². The van der Waals surface area contributed by atoms with Gasteiger partial charge in [0.1, 0.15) is 0 Å². The van der Waals surface area contributed by atoms with Crippen molar-refractivity contribution in [3.05, 3.63) is 34.4 Å². The monoisotopic (exact) mass is 204 g/mol. The van der Waals surface area contributed by atoms with E-state index in [1.54, 1.807) is 0 Å². The zero-order valence-corrected chi connectivity index (χ0v) is 9.80. The van der Waals surface area contributed by atoms with Crippen LogP contribution in [0.4, 0.5) is 0 Å². The first kappa shape index (κ1) is 10.7. The van der Waals surface area contributed by atoms with Crippen LogP contribution in [0.2, 0.25) is 0 Å². The summed E-state index contributed by atoms with van der Waals surface area (Å²) in [5, 5.41) is 0. The maximum atomic E-state index is 5.67. The van der Waals surface area contributed by atoms with Gasteiger partial charge in [-0.1, -0.05) is 17.7 Å². The number of aryl methyl sites for hydroxylation is 3. The third-order valence-corrected chi connectivity index (χ3v) is 3.32. The molecule has 2 nitrogen and oxygen atoms in total. The van der Waals surface area contributed by atoms with Gasteiger partial charge in [0.15, 0.2) is 0 Å². The molecule has 1 aromatic rings. The molecule has 1 unspecified atom stereocenters. The zero-order valence-electron chi connectivity index (χ0n) is 9.80. The molecule has 0 heterocycles. The number of hydrogen-bond acceptors (Lipinski definition) is 2.